The van der Waals surface area contributed by atoms with Crippen molar-refractivity contribution in [3.63, 3.8) is 0 Å². The van der Waals surface area contributed by atoms with E-state index in [2.05, 4.69) is 5.32 Å². The first-order chi connectivity index (χ1) is 12.5. The maximum Gasteiger partial charge on any atom is 0.406 e. The van der Waals surface area contributed by atoms with Crippen molar-refractivity contribution in [1.29, 1.82) is 5.26 Å². The number of aryl methyl sites for hydroxylation is 2. The summed E-state index contributed by atoms with van der Waals surface area (Å²) < 4.78 is 5.74. The quantitative estimate of drug-likeness (QED) is 0.676. The Morgan fingerprint density at radius 3 is 2.31 bits per heavy atom. The zero-order valence-corrected chi connectivity index (χ0v) is 14.6. The van der Waals surface area contributed by atoms with Crippen LogP contribution in [0.4, 0.5) is 4.79 Å². The van der Waals surface area contributed by atoms with Gasteiger partial charge in [0, 0.05) is 0 Å². The normalized spacial score (nSPS) is 12.7. The Labute approximate surface area is 152 Å². The standard InChI is InChI=1S/C20H22N2O4/c1-15-2-4-17(5-3-15)12-26-18-8-6-16(7-9-18)10-11-20(13-21,14-23)22-19(24)25/h2-9,22-23H,10-12,14H2,1H3,(H,24,25). The Bertz CT molecular complexity index is 766. The lowest BCUT2D eigenvalue weighted by Gasteiger charge is -2.23. The van der Waals surface area contributed by atoms with Crippen molar-refractivity contribution in [3.05, 3.63) is 65.2 Å². The van der Waals surface area contributed by atoms with Gasteiger partial charge in [0.05, 0.1) is 12.7 Å². The highest BCUT2D eigenvalue weighted by Crippen LogP contribution is 2.18. The topological polar surface area (TPSA) is 103 Å². The molecule has 0 saturated carbocycles. The molecule has 0 heterocycles. The van der Waals surface area contributed by atoms with Gasteiger partial charge in [0.25, 0.3) is 0 Å². The van der Waals surface area contributed by atoms with Crippen molar-refractivity contribution in [3.8, 4) is 11.8 Å². The Hall–Kier alpha value is -3.04. The van der Waals surface area contributed by atoms with Gasteiger partial charge in [0.2, 0.25) is 0 Å². The van der Waals surface area contributed by atoms with Crippen LogP contribution in [0.25, 0.3) is 0 Å². The molecule has 1 atom stereocenters. The fourth-order valence-electron chi connectivity index (χ4n) is 2.47. The van der Waals surface area contributed by atoms with E-state index in [0.29, 0.717) is 13.0 Å². The van der Waals surface area contributed by atoms with E-state index in [1.807, 2.05) is 61.5 Å². The second-order valence-corrected chi connectivity index (χ2v) is 6.20. The Morgan fingerprint density at radius 1 is 1.15 bits per heavy atom. The first kappa shape index (κ1) is 19.3. The fourth-order valence-corrected chi connectivity index (χ4v) is 2.47. The van der Waals surface area contributed by atoms with E-state index in [1.165, 1.54) is 5.56 Å². The van der Waals surface area contributed by atoms with E-state index in [-0.39, 0.29) is 6.42 Å². The molecule has 0 aliphatic carbocycles. The van der Waals surface area contributed by atoms with Crippen LogP contribution in [0.3, 0.4) is 0 Å². The number of aliphatic hydroxyl groups excluding tert-OH is 1. The molecule has 0 aliphatic heterocycles. The molecule has 26 heavy (non-hydrogen) atoms. The van der Waals surface area contributed by atoms with Crippen LogP contribution >= 0.6 is 0 Å². The number of nitrogens with zero attached hydrogens (tertiary/aromatic N) is 1. The molecule has 0 aliphatic rings. The molecule has 3 N–H and O–H groups in total. The predicted octanol–water partition coefficient (Wildman–Crippen LogP) is 3.03. The molecular formula is C20H22N2O4. The number of hydrogen-bond acceptors (Lipinski definition) is 4. The third-order valence-corrected chi connectivity index (χ3v) is 4.12. The molecular weight excluding hydrogens is 332 g/mol. The van der Waals surface area contributed by atoms with Gasteiger partial charge in [0.15, 0.2) is 5.54 Å². The molecule has 6 nitrogen and oxygen atoms in total. The van der Waals surface area contributed by atoms with Gasteiger partial charge in [-0.3, -0.25) is 0 Å². The molecule has 2 aromatic rings. The first-order valence-corrected chi connectivity index (χ1v) is 8.27. The Kier molecular flexibility index (Phi) is 6.59. The van der Waals surface area contributed by atoms with Crippen molar-refractivity contribution in [1.82, 2.24) is 5.32 Å². The number of nitrogens with one attached hydrogen (secondary N) is 1. The number of ether oxygens (including phenoxy) is 1. The van der Waals surface area contributed by atoms with Crippen molar-refractivity contribution in [2.24, 2.45) is 0 Å². The van der Waals surface area contributed by atoms with Crippen LogP contribution < -0.4 is 10.1 Å². The summed E-state index contributed by atoms with van der Waals surface area (Å²) in [5.74, 6) is 0.728. The Balaban J connectivity index is 1.91. The summed E-state index contributed by atoms with van der Waals surface area (Å²) in [7, 11) is 0. The Morgan fingerprint density at radius 2 is 1.77 bits per heavy atom. The van der Waals surface area contributed by atoms with E-state index in [4.69, 9.17) is 9.84 Å². The third-order valence-electron chi connectivity index (χ3n) is 4.12. The minimum absolute atomic E-state index is 0.176. The van der Waals surface area contributed by atoms with Gasteiger partial charge in [-0.1, -0.05) is 42.0 Å². The van der Waals surface area contributed by atoms with Gasteiger partial charge in [0.1, 0.15) is 12.4 Å². The molecule has 136 valence electrons. The maximum absolute atomic E-state index is 10.8. The maximum atomic E-state index is 10.8. The van der Waals surface area contributed by atoms with Gasteiger partial charge < -0.3 is 20.3 Å². The molecule has 2 rings (SSSR count). The highest BCUT2D eigenvalue weighted by atomic mass is 16.5. The molecule has 1 unspecified atom stereocenters. The minimum Gasteiger partial charge on any atom is -0.489 e. The number of benzene rings is 2. The van der Waals surface area contributed by atoms with Crippen molar-refractivity contribution in [2.75, 3.05) is 6.61 Å². The summed E-state index contributed by atoms with van der Waals surface area (Å²) in [6, 6.07) is 17.4. The van der Waals surface area contributed by atoms with E-state index < -0.39 is 18.2 Å². The van der Waals surface area contributed by atoms with Crippen molar-refractivity contribution >= 4 is 6.09 Å². The largest absolute Gasteiger partial charge is 0.489 e. The van der Waals surface area contributed by atoms with E-state index >= 15 is 0 Å². The highest BCUT2D eigenvalue weighted by molar-refractivity contribution is 5.66. The van der Waals surface area contributed by atoms with Crippen LogP contribution in [0.2, 0.25) is 0 Å². The number of amides is 1. The van der Waals surface area contributed by atoms with Crippen molar-refractivity contribution in [2.45, 2.75) is 31.9 Å². The van der Waals surface area contributed by atoms with Gasteiger partial charge in [-0.25, -0.2) is 4.79 Å². The lowest BCUT2D eigenvalue weighted by atomic mass is 9.93. The van der Waals surface area contributed by atoms with Crippen LogP contribution in [0, 0.1) is 18.3 Å². The monoisotopic (exact) mass is 354 g/mol. The van der Waals surface area contributed by atoms with Crippen LogP contribution in [0.5, 0.6) is 5.75 Å². The molecule has 0 saturated heterocycles. The zero-order chi connectivity index (χ0) is 19.0. The lowest BCUT2D eigenvalue weighted by molar-refractivity contribution is 0.157. The summed E-state index contributed by atoms with van der Waals surface area (Å²) >= 11 is 0. The SMILES string of the molecule is Cc1ccc(COc2ccc(CCC(C#N)(CO)NC(=O)O)cc2)cc1. The van der Waals surface area contributed by atoms with Crippen LogP contribution in [0.15, 0.2) is 48.5 Å². The number of carboxylic acid groups (broad SMARTS) is 1. The lowest BCUT2D eigenvalue weighted by Crippen LogP contribution is -2.50. The molecule has 1 amide bonds. The predicted molar refractivity (Wildman–Crippen MR) is 96.9 cm³/mol. The smallest absolute Gasteiger partial charge is 0.406 e. The molecule has 0 spiro atoms. The number of hydrogen-bond donors (Lipinski definition) is 3. The van der Waals surface area contributed by atoms with Crippen molar-refractivity contribution < 1.29 is 19.7 Å². The van der Waals surface area contributed by atoms with Crippen LogP contribution in [-0.4, -0.2) is 28.5 Å². The number of rotatable bonds is 8. The molecule has 0 bridgehead atoms. The van der Waals surface area contributed by atoms with E-state index in [0.717, 1.165) is 16.9 Å². The van der Waals surface area contributed by atoms with Gasteiger partial charge >= 0.3 is 6.09 Å². The van der Waals surface area contributed by atoms with E-state index in [9.17, 15) is 15.2 Å². The minimum atomic E-state index is -1.49. The summed E-state index contributed by atoms with van der Waals surface area (Å²) in [5.41, 5.74) is 1.72. The molecule has 6 heteroatoms. The average Bonchev–Trinajstić information content (AvgIpc) is 2.65. The zero-order valence-electron chi connectivity index (χ0n) is 14.6. The molecule has 0 radical (unpaired) electrons. The second kappa shape index (κ2) is 8.88. The first-order valence-electron chi connectivity index (χ1n) is 8.27. The van der Waals surface area contributed by atoms with Gasteiger partial charge in [-0.15, -0.1) is 0 Å². The van der Waals surface area contributed by atoms with Crippen LogP contribution in [-0.2, 0) is 13.0 Å². The fraction of sp³-hybridized carbons (Fsp3) is 0.300. The summed E-state index contributed by atoms with van der Waals surface area (Å²) in [6.45, 7) is 1.94. The number of nitriles is 1. The molecule has 0 aromatic heterocycles. The number of carbonyl (C=O) groups is 1. The highest BCUT2D eigenvalue weighted by Gasteiger charge is 2.31. The van der Waals surface area contributed by atoms with E-state index in [1.54, 1.807) is 0 Å². The van der Waals surface area contributed by atoms with Crippen LogP contribution in [0.1, 0.15) is 23.1 Å². The molecule has 2 aromatic carbocycles. The molecule has 0 fully saturated rings. The summed E-state index contributed by atoms with van der Waals surface area (Å²) in [6.07, 6.45) is -0.705. The van der Waals surface area contributed by atoms with Gasteiger partial charge in [-0.2, -0.15) is 5.26 Å². The van der Waals surface area contributed by atoms with Gasteiger partial charge in [-0.05, 0) is 43.0 Å². The summed E-state index contributed by atoms with van der Waals surface area (Å²) in [5, 5.41) is 29.5. The second-order valence-electron chi connectivity index (χ2n) is 6.20. The number of aliphatic hydroxyl groups is 1. The average molecular weight is 354 g/mol. The third kappa shape index (κ3) is 5.50. The summed E-state index contributed by atoms with van der Waals surface area (Å²) in [4.78, 5) is 10.8.